The van der Waals surface area contributed by atoms with Crippen molar-refractivity contribution in [3.8, 4) is 0 Å². The normalized spacial score (nSPS) is 26.7. The smallest absolute Gasteiger partial charge is 0.378 e. The Hall–Kier alpha value is -0.820. The van der Waals surface area contributed by atoms with Crippen LogP contribution in [0.2, 0.25) is 0 Å². The highest BCUT2D eigenvalue weighted by atomic mass is 79.9. The second kappa shape index (κ2) is 6.12. The number of nitrogens with two attached hydrogens (primary N) is 1. The van der Waals surface area contributed by atoms with Gasteiger partial charge in [0.25, 0.3) is 0 Å². The molecule has 1 aromatic rings. The predicted octanol–water partition coefficient (Wildman–Crippen LogP) is 4.45. The van der Waals surface area contributed by atoms with E-state index in [0.29, 0.717) is 18.5 Å². The van der Waals surface area contributed by atoms with Gasteiger partial charge in [-0.05, 0) is 53.4 Å². The summed E-state index contributed by atoms with van der Waals surface area (Å²) in [5, 5.41) is 3.09. The highest BCUT2D eigenvalue weighted by molar-refractivity contribution is 9.10. The molecular formula is C14H17BrF4N2. The first-order valence-corrected chi connectivity index (χ1v) is 7.55. The van der Waals surface area contributed by atoms with Crippen molar-refractivity contribution in [1.82, 2.24) is 0 Å². The molecule has 118 valence electrons. The fraction of sp³-hybridized carbons (Fsp3) is 0.571. The van der Waals surface area contributed by atoms with Crippen LogP contribution >= 0.6 is 15.9 Å². The number of anilines is 1. The van der Waals surface area contributed by atoms with E-state index in [0.717, 1.165) is 0 Å². The van der Waals surface area contributed by atoms with Gasteiger partial charge in [-0.1, -0.05) is 6.42 Å². The molecule has 1 saturated carbocycles. The van der Waals surface area contributed by atoms with Gasteiger partial charge in [0, 0.05) is 12.2 Å². The summed E-state index contributed by atoms with van der Waals surface area (Å²) in [4.78, 5) is 0. The van der Waals surface area contributed by atoms with Crippen LogP contribution in [0.3, 0.4) is 0 Å². The molecule has 2 nitrogen and oxygen atoms in total. The molecule has 3 N–H and O–H groups in total. The van der Waals surface area contributed by atoms with Gasteiger partial charge in [-0.2, -0.15) is 13.2 Å². The summed E-state index contributed by atoms with van der Waals surface area (Å²) in [5.74, 6) is -1.76. The maximum Gasteiger partial charge on any atom is 0.391 e. The molecule has 0 radical (unpaired) electrons. The monoisotopic (exact) mass is 368 g/mol. The van der Waals surface area contributed by atoms with E-state index in [2.05, 4.69) is 21.2 Å². The Balaban J connectivity index is 2.19. The molecule has 21 heavy (non-hydrogen) atoms. The van der Waals surface area contributed by atoms with Gasteiger partial charge in [0.05, 0.1) is 15.9 Å². The number of halogens is 5. The molecule has 1 aliphatic carbocycles. The van der Waals surface area contributed by atoms with Crippen molar-refractivity contribution in [2.75, 3.05) is 11.9 Å². The summed E-state index contributed by atoms with van der Waals surface area (Å²) in [6, 6.07) is 4.29. The number of rotatable bonds is 3. The van der Waals surface area contributed by atoms with Crippen molar-refractivity contribution in [1.29, 1.82) is 0 Å². The van der Waals surface area contributed by atoms with Crippen molar-refractivity contribution >= 4 is 21.6 Å². The second-order valence-corrected chi connectivity index (χ2v) is 6.43. The minimum atomic E-state index is -4.20. The van der Waals surface area contributed by atoms with Gasteiger partial charge in [0.15, 0.2) is 0 Å². The van der Waals surface area contributed by atoms with Gasteiger partial charge in [-0.25, -0.2) is 4.39 Å². The topological polar surface area (TPSA) is 38.0 Å². The average molecular weight is 369 g/mol. The minimum absolute atomic E-state index is 0.0536. The lowest BCUT2D eigenvalue weighted by Gasteiger charge is -2.42. The van der Waals surface area contributed by atoms with E-state index in [9.17, 15) is 17.6 Å². The second-order valence-electron chi connectivity index (χ2n) is 5.57. The van der Waals surface area contributed by atoms with Crippen LogP contribution in [-0.2, 0) is 0 Å². The Morgan fingerprint density at radius 1 is 1.38 bits per heavy atom. The van der Waals surface area contributed by atoms with E-state index in [1.54, 1.807) is 0 Å². The van der Waals surface area contributed by atoms with Crippen LogP contribution in [0.5, 0.6) is 0 Å². The lowest BCUT2D eigenvalue weighted by molar-refractivity contribution is -0.185. The van der Waals surface area contributed by atoms with E-state index >= 15 is 0 Å². The Morgan fingerprint density at radius 3 is 2.67 bits per heavy atom. The molecule has 0 aliphatic heterocycles. The minimum Gasteiger partial charge on any atom is -0.378 e. The zero-order valence-corrected chi connectivity index (χ0v) is 12.9. The quantitative estimate of drug-likeness (QED) is 0.773. The molecule has 0 amide bonds. The van der Waals surface area contributed by atoms with Crippen molar-refractivity contribution < 1.29 is 17.6 Å². The first kappa shape index (κ1) is 16.5. The summed E-state index contributed by atoms with van der Waals surface area (Å²) in [6.07, 6.45) is -3.07. The lowest BCUT2D eigenvalue weighted by atomic mass is 9.75. The number of alkyl halides is 3. The Bertz CT molecular complexity index is 506. The van der Waals surface area contributed by atoms with Crippen LogP contribution < -0.4 is 11.1 Å². The van der Waals surface area contributed by atoms with E-state index in [-0.39, 0.29) is 23.9 Å². The molecule has 1 aromatic carbocycles. The third-order valence-corrected chi connectivity index (χ3v) is 4.64. The molecule has 7 heteroatoms. The Kier molecular flexibility index (Phi) is 4.82. The summed E-state index contributed by atoms with van der Waals surface area (Å²) in [7, 11) is 0. The van der Waals surface area contributed by atoms with Crippen molar-refractivity contribution in [2.45, 2.75) is 37.4 Å². The van der Waals surface area contributed by atoms with Crippen LogP contribution in [0, 0.1) is 11.7 Å². The molecular weight excluding hydrogens is 352 g/mol. The molecule has 0 heterocycles. The summed E-state index contributed by atoms with van der Waals surface area (Å²) in [5.41, 5.74) is 5.51. The standard InChI is InChI=1S/C14H17BrF4N2/c15-11-6-10(3-4-12(11)16)21-13(8-20)5-1-2-9(7-13)14(17,18)19/h3-4,6,9,21H,1-2,5,7-8,20H2. The number of hydrogen-bond acceptors (Lipinski definition) is 2. The number of hydrogen-bond donors (Lipinski definition) is 2. The largest absolute Gasteiger partial charge is 0.391 e. The first-order valence-electron chi connectivity index (χ1n) is 6.76. The maximum absolute atomic E-state index is 13.2. The molecule has 0 aromatic heterocycles. The number of nitrogens with one attached hydrogen (secondary N) is 1. The van der Waals surface area contributed by atoms with Gasteiger partial charge >= 0.3 is 6.18 Å². The third kappa shape index (κ3) is 3.88. The van der Waals surface area contributed by atoms with Crippen molar-refractivity contribution in [3.05, 3.63) is 28.5 Å². The van der Waals surface area contributed by atoms with Gasteiger partial charge in [0.1, 0.15) is 5.82 Å². The van der Waals surface area contributed by atoms with Crippen LogP contribution in [0.1, 0.15) is 25.7 Å². The maximum atomic E-state index is 13.2. The van der Waals surface area contributed by atoms with Gasteiger partial charge in [-0.3, -0.25) is 0 Å². The van der Waals surface area contributed by atoms with Crippen LogP contribution in [-0.4, -0.2) is 18.3 Å². The molecule has 1 fully saturated rings. The Morgan fingerprint density at radius 2 is 2.10 bits per heavy atom. The van der Waals surface area contributed by atoms with E-state index in [1.807, 2.05) is 0 Å². The summed E-state index contributed by atoms with van der Waals surface area (Å²) in [6.45, 7) is 0.106. The van der Waals surface area contributed by atoms with Crippen molar-refractivity contribution in [2.24, 2.45) is 11.7 Å². The molecule has 0 bridgehead atoms. The van der Waals surface area contributed by atoms with Crippen LogP contribution in [0.4, 0.5) is 23.2 Å². The van der Waals surface area contributed by atoms with Gasteiger partial charge < -0.3 is 11.1 Å². The van der Waals surface area contributed by atoms with E-state index in [4.69, 9.17) is 5.73 Å². The van der Waals surface area contributed by atoms with Crippen LogP contribution in [0.15, 0.2) is 22.7 Å². The summed E-state index contributed by atoms with van der Waals surface area (Å²) >= 11 is 3.07. The van der Waals surface area contributed by atoms with Gasteiger partial charge in [0.2, 0.25) is 0 Å². The summed E-state index contributed by atoms with van der Waals surface area (Å²) < 4.78 is 52.3. The lowest BCUT2D eigenvalue weighted by Crippen LogP contribution is -2.51. The predicted molar refractivity (Wildman–Crippen MR) is 77.5 cm³/mol. The fourth-order valence-corrected chi connectivity index (χ4v) is 3.25. The molecule has 1 aliphatic rings. The highest BCUT2D eigenvalue weighted by Crippen LogP contribution is 2.42. The van der Waals surface area contributed by atoms with E-state index < -0.39 is 23.5 Å². The molecule has 2 unspecified atom stereocenters. The molecule has 0 saturated heterocycles. The zero-order chi connectivity index (χ0) is 15.7. The Labute approximate surface area is 129 Å². The fourth-order valence-electron chi connectivity index (χ4n) is 2.87. The van der Waals surface area contributed by atoms with Gasteiger partial charge in [-0.15, -0.1) is 0 Å². The molecule has 2 rings (SSSR count). The van der Waals surface area contributed by atoms with Crippen molar-refractivity contribution in [3.63, 3.8) is 0 Å². The average Bonchev–Trinajstić information content (AvgIpc) is 2.42. The zero-order valence-electron chi connectivity index (χ0n) is 11.3. The molecule has 0 spiro atoms. The first-order chi connectivity index (χ1) is 9.76. The van der Waals surface area contributed by atoms with E-state index in [1.165, 1.54) is 18.2 Å². The third-order valence-electron chi connectivity index (χ3n) is 4.03. The molecule has 2 atom stereocenters. The number of benzene rings is 1. The van der Waals surface area contributed by atoms with Crippen LogP contribution in [0.25, 0.3) is 0 Å². The SMILES string of the molecule is NCC1(Nc2ccc(F)c(Br)c2)CCCC(C(F)(F)F)C1. The highest BCUT2D eigenvalue weighted by Gasteiger charge is 2.47.